The maximum Gasteiger partial charge on any atom is 0.205 e. The van der Waals surface area contributed by atoms with Crippen molar-refractivity contribution in [3.8, 4) is 11.4 Å². The molecule has 2 aromatic rings. The van der Waals surface area contributed by atoms with Gasteiger partial charge in [0, 0.05) is 9.13 Å². The van der Waals surface area contributed by atoms with Crippen LogP contribution in [0.2, 0.25) is 0 Å². The van der Waals surface area contributed by atoms with Crippen LogP contribution in [0.4, 0.5) is 0 Å². The maximum absolute atomic E-state index is 8.72. The van der Waals surface area contributed by atoms with Crippen LogP contribution in [0, 0.1) is 3.57 Å². The number of aliphatic hydroxyl groups excluding tert-OH is 1. The zero-order valence-electron chi connectivity index (χ0n) is 7.84. The standard InChI is InChI=1S/C9H9IN4O/c10-8-4-2-1-3-7(8)9-11-13-14(12-9)5-6-15/h1-4,15H,5-6H2. The van der Waals surface area contributed by atoms with Gasteiger partial charge in [-0.3, -0.25) is 0 Å². The molecule has 0 fully saturated rings. The fraction of sp³-hybridized carbons (Fsp3) is 0.222. The van der Waals surface area contributed by atoms with Crippen LogP contribution in [0.15, 0.2) is 24.3 Å². The van der Waals surface area contributed by atoms with Gasteiger partial charge in [-0.25, -0.2) is 0 Å². The van der Waals surface area contributed by atoms with Gasteiger partial charge in [-0.05, 0) is 39.9 Å². The van der Waals surface area contributed by atoms with E-state index in [4.69, 9.17) is 5.11 Å². The number of tetrazole rings is 1. The highest BCUT2D eigenvalue weighted by Gasteiger charge is 2.08. The van der Waals surface area contributed by atoms with Crippen molar-refractivity contribution in [1.29, 1.82) is 0 Å². The lowest BCUT2D eigenvalue weighted by Gasteiger charge is -1.97. The first kappa shape index (κ1) is 10.5. The summed E-state index contributed by atoms with van der Waals surface area (Å²) >= 11 is 2.23. The van der Waals surface area contributed by atoms with Gasteiger partial charge in [0.2, 0.25) is 5.82 Å². The molecule has 78 valence electrons. The average molecular weight is 316 g/mol. The Morgan fingerprint density at radius 2 is 2.13 bits per heavy atom. The molecule has 1 heterocycles. The van der Waals surface area contributed by atoms with Crippen LogP contribution in [-0.2, 0) is 6.54 Å². The molecule has 0 bridgehead atoms. The first-order valence-electron chi connectivity index (χ1n) is 4.45. The van der Waals surface area contributed by atoms with Crippen LogP contribution in [-0.4, -0.2) is 31.9 Å². The number of halogens is 1. The zero-order chi connectivity index (χ0) is 10.7. The second kappa shape index (κ2) is 4.67. The van der Waals surface area contributed by atoms with E-state index in [9.17, 15) is 0 Å². The number of nitrogens with zero attached hydrogens (tertiary/aromatic N) is 4. The van der Waals surface area contributed by atoms with Crippen LogP contribution in [0.3, 0.4) is 0 Å². The topological polar surface area (TPSA) is 63.8 Å². The summed E-state index contributed by atoms with van der Waals surface area (Å²) in [5, 5.41) is 20.7. The van der Waals surface area contributed by atoms with Gasteiger partial charge >= 0.3 is 0 Å². The minimum Gasteiger partial charge on any atom is -0.394 e. The van der Waals surface area contributed by atoms with E-state index in [2.05, 4.69) is 38.0 Å². The minimum atomic E-state index is 0.0156. The molecule has 0 aliphatic carbocycles. The fourth-order valence-electron chi connectivity index (χ4n) is 1.18. The summed E-state index contributed by atoms with van der Waals surface area (Å²) in [6.45, 7) is 0.387. The molecule has 0 atom stereocenters. The van der Waals surface area contributed by atoms with Crippen LogP contribution >= 0.6 is 22.6 Å². The Kier molecular flexibility index (Phi) is 3.27. The summed E-state index contributed by atoms with van der Waals surface area (Å²) < 4.78 is 1.08. The monoisotopic (exact) mass is 316 g/mol. The van der Waals surface area contributed by atoms with E-state index in [0.29, 0.717) is 12.4 Å². The van der Waals surface area contributed by atoms with E-state index in [0.717, 1.165) is 9.13 Å². The first-order valence-corrected chi connectivity index (χ1v) is 5.52. The summed E-state index contributed by atoms with van der Waals surface area (Å²) in [5.74, 6) is 0.591. The van der Waals surface area contributed by atoms with Gasteiger partial charge in [-0.15, -0.1) is 10.2 Å². The predicted molar refractivity (Wildman–Crippen MR) is 63.1 cm³/mol. The lowest BCUT2D eigenvalue weighted by Crippen LogP contribution is -2.05. The van der Waals surface area contributed by atoms with Gasteiger partial charge in [0.25, 0.3) is 0 Å². The zero-order valence-corrected chi connectivity index (χ0v) is 10.00. The molecule has 0 unspecified atom stereocenters. The molecule has 1 aromatic carbocycles. The van der Waals surface area contributed by atoms with Crippen LogP contribution < -0.4 is 0 Å². The third kappa shape index (κ3) is 2.32. The van der Waals surface area contributed by atoms with E-state index in [1.807, 2.05) is 24.3 Å². The van der Waals surface area contributed by atoms with Crippen molar-refractivity contribution < 1.29 is 5.11 Å². The van der Waals surface area contributed by atoms with Crippen molar-refractivity contribution in [1.82, 2.24) is 20.2 Å². The predicted octanol–water partition coefficient (Wildman–Crippen LogP) is 0.937. The Labute approximate surface area is 100 Å². The molecule has 15 heavy (non-hydrogen) atoms. The second-order valence-electron chi connectivity index (χ2n) is 2.91. The molecule has 0 aliphatic rings. The second-order valence-corrected chi connectivity index (χ2v) is 4.07. The van der Waals surface area contributed by atoms with Crippen molar-refractivity contribution in [2.45, 2.75) is 6.54 Å². The van der Waals surface area contributed by atoms with E-state index in [1.165, 1.54) is 4.80 Å². The molecule has 2 rings (SSSR count). The van der Waals surface area contributed by atoms with E-state index < -0.39 is 0 Å². The molecule has 6 heteroatoms. The summed E-state index contributed by atoms with van der Waals surface area (Å²) in [5.41, 5.74) is 0.960. The summed E-state index contributed by atoms with van der Waals surface area (Å²) in [6.07, 6.45) is 0. The molecule has 0 aliphatic heterocycles. The minimum absolute atomic E-state index is 0.0156. The molecular formula is C9H9IN4O. The molecule has 0 saturated carbocycles. The van der Waals surface area contributed by atoms with Gasteiger partial charge in [0.05, 0.1) is 13.2 Å². The normalized spacial score (nSPS) is 10.5. The van der Waals surface area contributed by atoms with E-state index >= 15 is 0 Å². The molecule has 1 N–H and O–H groups in total. The summed E-state index contributed by atoms with van der Waals surface area (Å²) in [7, 11) is 0. The Hall–Kier alpha value is -1.02. The Morgan fingerprint density at radius 3 is 2.87 bits per heavy atom. The van der Waals surface area contributed by atoms with Crippen LogP contribution in [0.25, 0.3) is 11.4 Å². The summed E-state index contributed by atoms with van der Waals surface area (Å²) in [4.78, 5) is 1.39. The fourth-order valence-corrected chi connectivity index (χ4v) is 1.81. The number of hydrogen-bond donors (Lipinski definition) is 1. The number of hydrogen-bond acceptors (Lipinski definition) is 4. The number of rotatable bonds is 3. The van der Waals surface area contributed by atoms with Crippen molar-refractivity contribution in [3.05, 3.63) is 27.8 Å². The van der Waals surface area contributed by atoms with Crippen molar-refractivity contribution in [3.63, 3.8) is 0 Å². The third-order valence-corrected chi connectivity index (χ3v) is 2.81. The molecule has 5 nitrogen and oxygen atoms in total. The third-order valence-electron chi connectivity index (χ3n) is 1.87. The highest BCUT2D eigenvalue weighted by molar-refractivity contribution is 14.1. The molecular weight excluding hydrogens is 307 g/mol. The van der Waals surface area contributed by atoms with Gasteiger partial charge < -0.3 is 5.11 Å². The molecule has 0 radical (unpaired) electrons. The van der Waals surface area contributed by atoms with Gasteiger partial charge in [0.1, 0.15) is 0 Å². The van der Waals surface area contributed by atoms with Crippen LogP contribution in [0.1, 0.15) is 0 Å². The van der Waals surface area contributed by atoms with E-state index in [1.54, 1.807) is 0 Å². The lowest BCUT2D eigenvalue weighted by molar-refractivity contribution is 0.259. The van der Waals surface area contributed by atoms with Crippen molar-refractivity contribution in [2.24, 2.45) is 0 Å². The Balaban J connectivity index is 2.33. The van der Waals surface area contributed by atoms with Crippen LogP contribution in [0.5, 0.6) is 0 Å². The number of aromatic nitrogens is 4. The quantitative estimate of drug-likeness (QED) is 0.856. The number of benzene rings is 1. The molecule has 0 amide bonds. The Bertz CT molecular complexity index is 457. The molecule has 1 aromatic heterocycles. The van der Waals surface area contributed by atoms with E-state index in [-0.39, 0.29) is 6.61 Å². The van der Waals surface area contributed by atoms with Gasteiger partial charge in [0.15, 0.2) is 0 Å². The maximum atomic E-state index is 8.72. The highest BCUT2D eigenvalue weighted by Crippen LogP contribution is 2.20. The molecule has 0 spiro atoms. The summed E-state index contributed by atoms with van der Waals surface area (Å²) in [6, 6.07) is 7.83. The highest BCUT2D eigenvalue weighted by atomic mass is 127. The average Bonchev–Trinajstić information content (AvgIpc) is 2.68. The number of aliphatic hydroxyl groups is 1. The van der Waals surface area contributed by atoms with Gasteiger partial charge in [-0.1, -0.05) is 12.1 Å². The largest absolute Gasteiger partial charge is 0.394 e. The molecule has 0 saturated heterocycles. The van der Waals surface area contributed by atoms with Gasteiger partial charge in [-0.2, -0.15) is 4.80 Å². The van der Waals surface area contributed by atoms with Crippen molar-refractivity contribution in [2.75, 3.05) is 6.61 Å². The smallest absolute Gasteiger partial charge is 0.205 e. The first-order chi connectivity index (χ1) is 7.31. The SMILES string of the molecule is OCCn1nnc(-c2ccccc2I)n1. The Morgan fingerprint density at radius 1 is 1.33 bits per heavy atom. The van der Waals surface area contributed by atoms with Crippen molar-refractivity contribution >= 4 is 22.6 Å². The lowest BCUT2D eigenvalue weighted by atomic mass is 10.2.